The minimum absolute atomic E-state index is 0.0918. The van der Waals surface area contributed by atoms with Gasteiger partial charge in [0.1, 0.15) is 5.75 Å². The maximum Gasteiger partial charge on any atom is 0.391 e. The number of guanidine groups is 1. The Bertz CT molecular complexity index is 608. The number of ether oxygens (including phenoxy) is 2. The van der Waals surface area contributed by atoms with Gasteiger partial charge in [-0.15, -0.1) is 0 Å². The molecule has 0 bridgehead atoms. The average Bonchev–Trinajstić information content (AvgIpc) is 2.66. The number of aliphatic imine (C=N–C) groups is 1. The zero-order chi connectivity index (χ0) is 19.7. The number of halogens is 3. The van der Waals surface area contributed by atoms with E-state index < -0.39 is 12.1 Å². The number of methoxy groups -OCH3 is 1. The lowest BCUT2D eigenvalue weighted by Gasteiger charge is -2.31. The van der Waals surface area contributed by atoms with Crippen molar-refractivity contribution in [1.29, 1.82) is 0 Å². The monoisotopic (exact) mass is 387 g/mol. The predicted octanol–water partition coefficient (Wildman–Crippen LogP) is 3.50. The van der Waals surface area contributed by atoms with Crippen molar-refractivity contribution in [2.24, 2.45) is 10.9 Å². The van der Waals surface area contributed by atoms with E-state index >= 15 is 0 Å². The second-order valence-electron chi connectivity index (χ2n) is 6.61. The van der Waals surface area contributed by atoms with Crippen LogP contribution >= 0.6 is 0 Å². The molecular formula is C19H28F3N3O2. The van der Waals surface area contributed by atoms with Crippen LogP contribution in [0.4, 0.5) is 13.2 Å². The van der Waals surface area contributed by atoms with Crippen LogP contribution in [-0.4, -0.2) is 45.5 Å². The van der Waals surface area contributed by atoms with Gasteiger partial charge in [-0.25, -0.2) is 0 Å². The highest BCUT2D eigenvalue weighted by Gasteiger charge is 2.42. The molecule has 1 aliphatic carbocycles. The Morgan fingerprint density at radius 1 is 1.26 bits per heavy atom. The maximum absolute atomic E-state index is 12.9. The normalized spacial score (nSPS) is 21.0. The molecule has 2 atom stereocenters. The fourth-order valence-corrected chi connectivity index (χ4v) is 3.25. The van der Waals surface area contributed by atoms with Gasteiger partial charge in [-0.2, -0.15) is 13.2 Å². The van der Waals surface area contributed by atoms with Crippen LogP contribution in [0.1, 0.15) is 31.2 Å². The van der Waals surface area contributed by atoms with E-state index in [9.17, 15) is 13.2 Å². The smallest absolute Gasteiger partial charge is 0.391 e. The van der Waals surface area contributed by atoms with Crippen LogP contribution < -0.4 is 15.4 Å². The van der Waals surface area contributed by atoms with Crippen molar-refractivity contribution >= 4 is 5.96 Å². The molecule has 2 unspecified atom stereocenters. The third kappa shape index (κ3) is 6.93. The number of benzene rings is 1. The van der Waals surface area contributed by atoms with Crippen molar-refractivity contribution in [3.05, 3.63) is 29.8 Å². The number of nitrogens with one attached hydrogen (secondary N) is 2. The molecule has 2 rings (SSSR count). The summed E-state index contributed by atoms with van der Waals surface area (Å²) in [6.07, 6.45) is -2.53. The van der Waals surface area contributed by atoms with Crippen LogP contribution in [0.2, 0.25) is 0 Å². The molecule has 0 radical (unpaired) electrons. The zero-order valence-corrected chi connectivity index (χ0v) is 15.8. The summed E-state index contributed by atoms with van der Waals surface area (Å²) in [5.74, 6) is 0.0502. The first-order valence-electron chi connectivity index (χ1n) is 9.17. The van der Waals surface area contributed by atoms with Gasteiger partial charge in [-0.05, 0) is 25.3 Å². The second kappa shape index (κ2) is 10.4. The van der Waals surface area contributed by atoms with Crippen LogP contribution in [0.5, 0.6) is 5.75 Å². The first-order chi connectivity index (χ1) is 12.9. The van der Waals surface area contributed by atoms with Gasteiger partial charge in [0.05, 0.1) is 26.2 Å². The third-order valence-electron chi connectivity index (χ3n) is 4.69. The van der Waals surface area contributed by atoms with Crippen molar-refractivity contribution in [3.63, 3.8) is 0 Å². The Labute approximate surface area is 158 Å². The number of nitrogens with zero attached hydrogens (tertiary/aromatic N) is 1. The standard InChI is InChI=1S/C19H28F3N3O2/c1-23-18(25-16-8-5-7-15(12-16)19(20,21)22)24-10-11-27-13-14-6-3-4-9-17(14)26-2/h3-4,6,9,15-16H,5,7-8,10-13H2,1-2H3,(H2,23,24,25). The van der Waals surface area contributed by atoms with Gasteiger partial charge < -0.3 is 20.1 Å². The van der Waals surface area contributed by atoms with Crippen LogP contribution in [0, 0.1) is 5.92 Å². The fourth-order valence-electron chi connectivity index (χ4n) is 3.25. The zero-order valence-electron chi connectivity index (χ0n) is 15.8. The van der Waals surface area contributed by atoms with E-state index in [-0.39, 0.29) is 18.9 Å². The SMILES string of the molecule is CN=C(NCCOCc1ccccc1OC)NC1CCCC(C(F)(F)F)C1. The molecule has 8 heteroatoms. The van der Waals surface area contributed by atoms with E-state index in [2.05, 4.69) is 15.6 Å². The Kier molecular flexibility index (Phi) is 8.22. The van der Waals surface area contributed by atoms with Gasteiger partial charge in [0.2, 0.25) is 0 Å². The van der Waals surface area contributed by atoms with Crippen molar-refractivity contribution in [3.8, 4) is 5.75 Å². The molecule has 0 aromatic heterocycles. The molecule has 27 heavy (non-hydrogen) atoms. The Hall–Kier alpha value is -1.96. The van der Waals surface area contributed by atoms with Crippen LogP contribution in [0.15, 0.2) is 29.3 Å². The van der Waals surface area contributed by atoms with E-state index in [1.54, 1.807) is 14.2 Å². The van der Waals surface area contributed by atoms with Gasteiger partial charge in [-0.1, -0.05) is 24.6 Å². The first-order valence-corrected chi connectivity index (χ1v) is 9.17. The van der Waals surface area contributed by atoms with Crippen molar-refractivity contribution in [1.82, 2.24) is 10.6 Å². The highest BCUT2D eigenvalue weighted by Crippen LogP contribution is 2.37. The summed E-state index contributed by atoms with van der Waals surface area (Å²) in [6, 6.07) is 7.41. The van der Waals surface area contributed by atoms with Crippen LogP contribution in [0.3, 0.4) is 0 Å². The van der Waals surface area contributed by atoms with E-state index in [0.717, 1.165) is 17.7 Å². The molecule has 0 heterocycles. The average molecular weight is 387 g/mol. The molecule has 1 saturated carbocycles. The molecule has 1 fully saturated rings. The maximum atomic E-state index is 12.9. The predicted molar refractivity (Wildman–Crippen MR) is 98.9 cm³/mol. The Morgan fingerprint density at radius 3 is 2.74 bits per heavy atom. The fraction of sp³-hybridized carbons (Fsp3) is 0.632. The Morgan fingerprint density at radius 2 is 2.04 bits per heavy atom. The molecule has 0 saturated heterocycles. The van der Waals surface area contributed by atoms with E-state index in [0.29, 0.717) is 32.1 Å². The lowest BCUT2D eigenvalue weighted by molar-refractivity contribution is -0.183. The topological polar surface area (TPSA) is 54.9 Å². The van der Waals surface area contributed by atoms with Crippen LogP contribution in [-0.2, 0) is 11.3 Å². The molecule has 152 valence electrons. The lowest BCUT2D eigenvalue weighted by Crippen LogP contribution is -2.47. The summed E-state index contributed by atoms with van der Waals surface area (Å²) < 4.78 is 49.7. The summed E-state index contributed by atoms with van der Waals surface area (Å²) in [5.41, 5.74) is 0.961. The Balaban J connectivity index is 1.70. The molecular weight excluding hydrogens is 359 g/mol. The van der Waals surface area contributed by atoms with Crippen molar-refractivity contribution in [2.75, 3.05) is 27.3 Å². The van der Waals surface area contributed by atoms with E-state index in [1.165, 1.54) is 0 Å². The van der Waals surface area contributed by atoms with Gasteiger partial charge in [0.15, 0.2) is 5.96 Å². The first kappa shape index (κ1) is 21.3. The highest BCUT2D eigenvalue weighted by atomic mass is 19.4. The largest absolute Gasteiger partial charge is 0.496 e. The van der Waals surface area contributed by atoms with Gasteiger partial charge in [-0.3, -0.25) is 4.99 Å². The highest BCUT2D eigenvalue weighted by molar-refractivity contribution is 5.79. The molecule has 1 aromatic rings. The molecule has 5 nitrogen and oxygen atoms in total. The number of alkyl halides is 3. The molecule has 1 aromatic carbocycles. The second-order valence-corrected chi connectivity index (χ2v) is 6.61. The number of hydrogen-bond donors (Lipinski definition) is 2. The minimum atomic E-state index is -4.12. The third-order valence-corrected chi connectivity index (χ3v) is 4.69. The van der Waals surface area contributed by atoms with E-state index in [1.807, 2.05) is 24.3 Å². The molecule has 1 aliphatic rings. The summed E-state index contributed by atoms with van der Waals surface area (Å²) in [7, 11) is 3.22. The van der Waals surface area contributed by atoms with Crippen molar-refractivity contribution < 1.29 is 22.6 Å². The minimum Gasteiger partial charge on any atom is -0.496 e. The molecule has 0 aliphatic heterocycles. The van der Waals surface area contributed by atoms with Crippen molar-refractivity contribution in [2.45, 2.75) is 44.5 Å². The summed E-state index contributed by atoms with van der Waals surface area (Å²) in [5, 5.41) is 6.18. The van der Waals surface area contributed by atoms with Crippen LogP contribution in [0.25, 0.3) is 0 Å². The van der Waals surface area contributed by atoms with E-state index in [4.69, 9.17) is 9.47 Å². The lowest BCUT2D eigenvalue weighted by atomic mass is 9.85. The summed E-state index contributed by atoms with van der Waals surface area (Å²) in [6.45, 7) is 1.37. The molecule has 2 N–H and O–H groups in total. The quantitative estimate of drug-likeness (QED) is 0.427. The van der Waals surface area contributed by atoms with Gasteiger partial charge in [0, 0.05) is 25.2 Å². The van der Waals surface area contributed by atoms with Gasteiger partial charge in [0.25, 0.3) is 0 Å². The number of rotatable bonds is 7. The molecule has 0 spiro atoms. The summed E-state index contributed by atoms with van der Waals surface area (Å²) >= 11 is 0. The molecule has 0 amide bonds. The number of para-hydroxylation sites is 1. The number of hydrogen-bond acceptors (Lipinski definition) is 3. The summed E-state index contributed by atoms with van der Waals surface area (Å²) in [4.78, 5) is 4.09. The van der Waals surface area contributed by atoms with Gasteiger partial charge >= 0.3 is 6.18 Å².